The van der Waals surface area contributed by atoms with E-state index < -0.39 is 0 Å². The van der Waals surface area contributed by atoms with Gasteiger partial charge < -0.3 is 14.8 Å². The van der Waals surface area contributed by atoms with Crippen LogP contribution < -0.4 is 10.1 Å². The van der Waals surface area contributed by atoms with Crippen LogP contribution in [0.3, 0.4) is 0 Å². The zero-order valence-corrected chi connectivity index (χ0v) is 14.2. The van der Waals surface area contributed by atoms with Crippen LogP contribution in [-0.2, 0) is 11.3 Å². The molecule has 1 aliphatic heterocycles. The summed E-state index contributed by atoms with van der Waals surface area (Å²) < 4.78 is 11.5. The first kappa shape index (κ1) is 16.4. The van der Waals surface area contributed by atoms with Crippen LogP contribution >= 0.6 is 23.2 Å². The van der Waals surface area contributed by atoms with E-state index >= 15 is 0 Å². The normalized spacial score (nSPS) is 17.2. The van der Waals surface area contributed by atoms with Gasteiger partial charge in [0.25, 0.3) is 0 Å². The Bertz CT molecular complexity index is 657. The minimum absolute atomic E-state index is 0.203. The van der Waals surface area contributed by atoms with Gasteiger partial charge >= 0.3 is 0 Å². The van der Waals surface area contributed by atoms with Crippen molar-refractivity contribution < 1.29 is 9.47 Å². The van der Waals surface area contributed by atoms with Gasteiger partial charge in [0.2, 0.25) is 0 Å². The number of anilines is 1. The summed E-state index contributed by atoms with van der Waals surface area (Å²) in [6.07, 6.45) is 2.38. The molecule has 0 saturated carbocycles. The molecular weight excluding hydrogens is 333 g/mol. The van der Waals surface area contributed by atoms with E-state index in [0.717, 1.165) is 36.4 Å². The van der Waals surface area contributed by atoms with Crippen molar-refractivity contribution in [3.05, 3.63) is 58.1 Å². The molecule has 1 atom stereocenters. The Kier molecular flexibility index (Phi) is 5.65. The number of ether oxygens (including phenoxy) is 2. The van der Waals surface area contributed by atoms with E-state index in [2.05, 4.69) is 5.32 Å². The molecule has 23 heavy (non-hydrogen) atoms. The Balaban J connectivity index is 1.62. The first-order valence-electron chi connectivity index (χ1n) is 7.73. The summed E-state index contributed by atoms with van der Waals surface area (Å²) in [7, 11) is 0. The van der Waals surface area contributed by atoms with Crippen molar-refractivity contribution in [3.63, 3.8) is 0 Å². The molecular formula is C18H19Cl2NO2. The van der Waals surface area contributed by atoms with Crippen molar-refractivity contribution in [2.24, 2.45) is 0 Å². The third kappa shape index (κ3) is 4.54. The first-order valence-corrected chi connectivity index (χ1v) is 8.49. The van der Waals surface area contributed by atoms with E-state index in [-0.39, 0.29) is 6.10 Å². The van der Waals surface area contributed by atoms with Crippen molar-refractivity contribution in [2.75, 3.05) is 18.5 Å². The molecule has 3 rings (SSSR count). The zero-order valence-electron chi connectivity index (χ0n) is 12.7. The van der Waals surface area contributed by atoms with Gasteiger partial charge in [-0.2, -0.15) is 0 Å². The smallest absolute Gasteiger partial charge is 0.142 e. The fourth-order valence-corrected chi connectivity index (χ4v) is 3.03. The number of hydrogen-bond donors (Lipinski definition) is 1. The zero-order chi connectivity index (χ0) is 16.1. The second-order valence-electron chi connectivity index (χ2n) is 5.53. The lowest BCUT2D eigenvalue weighted by atomic mass is 10.2. The number of rotatable bonds is 6. The molecule has 5 heteroatoms. The van der Waals surface area contributed by atoms with Gasteiger partial charge in [0, 0.05) is 23.2 Å². The summed E-state index contributed by atoms with van der Waals surface area (Å²) >= 11 is 12.1. The molecule has 0 radical (unpaired) electrons. The Morgan fingerprint density at radius 2 is 2.04 bits per heavy atom. The fourth-order valence-electron chi connectivity index (χ4n) is 2.55. The predicted octanol–water partition coefficient (Wildman–Crippen LogP) is 5.16. The van der Waals surface area contributed by atoms with E-state index in [1.807, 2.05) is 36.4 Å². The number of nitrogens with one attached hydrogen (secondary N) is 1. The van der Waals surface area contributed by atoms with Crippen LogP contribution in [0, 0.1) is 0 Å². The van der Waals surface area contributed by atoms with Gasteiger partial charge in [0.05, 0.1) is 11.8 Å². The second-order valence-corrected chi connectivity index (χ2v) is 6.38. The highest BCUT2D eigenvalue weighted by atomic mass is 35.5. The summed E-state index contributed by atoms with van der Waals surface area (Å²) in [5.41, 5.74) is 1.93. The van der Waals surface area contributed by atoms with E-state index in [9.17, 15) is 0 Å². The highest BCUT2D eigenvalue weighted by Gasteiger charge is 2.16. The van der Waals surface area contributed by atoms with Gasteiger partial charge in [-0.1, -0.05) is 41.4 Å². The minimum atomic E-state index is 0.203. The predicted molar refractivity (Wildman–Crippen MR) is 94.7 cm³/mol. The standard InChI is InChI=1S/C18H19Cl2NO2/c19-14-8-7-13(16(20)10-14)11-21-17-5-1-2-6-18(17)23-12-15-4-3-9-22-15/h1-2,5-8,10,15,21H,3-4,9,11-12H2. The average molecular weight is 352 g/mol. The van der Waals surface area contributed by atoms with Crippen LogP contribution in [-0.4, -0.2) is 19.3 Å². The third-order valence-electron chi connectivity index (χ3n) is 3.82. The Morgan fingerprint density at radius 3 is 2.83 bits per heavy atom. The molecule has 0 bridgehead atoms. The molecule has 1 fully saturated rings. The van der Waals surface area contributed by atoms with E-state index in [1.165, 1.54) is 0 Å². The molecule has 2 aromatic rings. The SMILES string of the molecule is Clc1ccc(CNc2ccccc2OCC2CCCO2)c(Cl)c1. The molecule has 1 saturated heterocycles. The monoisotopic (exact) mass is 351 g/mol. The van der Waals surface area contributed by atoms with Gasteiger partial charge in [0.15, 0.2) is 0 Å². The maximum atomic E-state index is 6.21. The summed E-state index contributed by atoms with van der Waals surface area (Å²) in [5, 5.41) is 4.67. The largest absolute Gasteiger partial charge is 0.489 e. The highest BCUT2D eigenvalue weighted by molar-refractivity contribution is 6.35. The average Bonchev–Trinajstić information content (AvgIpc) is 3.06. The van der Waals surface area contributed by atoms with Crippen molar-refractivity contribution >= 4 is 28.9 Å². The lowest BCUT2D eigenvalue weighted by Crippen LogP contribution is -2.16. The third-order valence-corrected chi connectivity index (χ3v) is 4.41. The quantitative estimate of drug-likeness (QED) is 0.779. The Labute approximate surface area is 146 Å². The number of halogens is 2. The molecule has 122 valence electrons. The number of hydrogen-bond acceptors (Lipinski definition) is 3. The molecule has 3 nitrogen and oxygen atoms in total. The van der Waals surface area contributed by atoms with Crippen LogP contribution in [0.1, 0.15) is 18.4 Å². The lowest BCUT2D eigenvalue weighted by Gasteiger charge is -2.16. The Hall–Kier alpha value is -1.42. The maximum Gasteiger partial charge on any atom is 0.142 e. The molecule has 2 aromatic carbocycles. The van der Waals surface area contributed by atoms with Gasteiger partial charge in [-0.05, 0) is 42.7 Å². The number of para-hydroxylation sites is 2. The summed E-state index contributed by atoms with van der Waals surface area (Å²) in [4.78, 5) is 0. The summed E-state index contributed by atoms with van der Waals surface area (Å²) in [6.45, 7) is 2.03. The van der Waals surface area contributed by atoms with Crippen LogP contribution in [0.25, 0.3) is 0 Å². The molecule has 1 unspecified atom stereocenters. The molecule has 1 N–H and O–H groups in total. The van der Waals surface area contributed by atoms with Crippen molar-refractivity contribution in [2.45, 2.75) is 25.5 Å². The lowest BCUT2D eigenvalue weighted by molar-refractivity contribution is 0.0682. The molecule has 1 heterocycles. The van der Waals surface area contributed by atoms with Crippen molar-refractivity contribution in [1.29, 1.82) is 0 Å². The van der Waals surface area contributed by atoms with E-state index in [4.69, 9.17) is 32.7 Å². The van der Waals surface area contributed by atoms with Gasteiger partial charge in [-0.3, -0.25) is 0 Å². The van der Waals surface area contributed by atoms with Gasteiger partial charge in [0.1, 0.15) is 12.4 Å². The summed E-state index contributed by atoms with van der Waals surface area (Å²) in [6, 6.07) is 13.4. The van der Waals surface area contributed by atoms with Crippen LogP contribution in [0.5, 0.6) is 5.75 Å². The van der Waals surface area contributed by atoms with Crippen molar-refractivity contribution in [1.82, 2.24) is 0 Å². The van der Waals surface area contributed by atoms with Crippen molar-refractivity contribution in [3.8, 4) is 5.75 Å². The first-order chi connectivity index (χ1) is 11.2. The summed E-state index contributed by atoms with van der Waals surface area (Å²) in [5.74, 6) is 0.827. The van der Waals surface area contributed by atoms with E-state index in [1.54, 1.807) is 6.07 Å². The fraction of sp³-hybridized carbons (Fsp3) is 0.333. The molecule has 1 aliphatic rings. The van der Waals surface area contributed by atoms with Crippen LogP contribution in [0.2, 0.25) is 10.0 Å². The molecule has 0 aromatic heterocycles. The Morgan fingerprint density at radius 1 is 1.17 bits per heavy atom. The topological polar surface area (TPSA) is 30.5 Å². The number of benzene rings is 2. The maximum absolute atomic E-state index is 6.21. The highest BCUT2D eigenvalue weighted by Crippen LogP contribution is 2.27. The van der Waals surface area contributed by atoms with Crippen LogP contribution in [0.4, 0.5) is 5.69 Å². The minimum Gasteiger partial charge on any atom is -0.489 e. The van der Waals surface area contributed by atoms with Gasteiger partial charge in [-0.25, -0.2) is 0 Å². The second kappa shape index (κ2) is 7.91. The van der Waals surface area contributed by atoms with E-state index in [0.29, 0.717) is 23.2 Å². The molecule has 0 spiro atoms. The molecule has 0 aliphatic carbocycles. The van der Waals surface area contributed by atoms with Crippen LogP contribution in [0.15, 0.2) is 42.5 Å². The van der Waals surface area contributed by atoms with Gasteiger partial charge in [-0.15, -0.1) is 0 Å². The molecule has 0 amide bonds.